The van der Waals surface area contributed by atoms with Crippen molar-refractivity contribution in [1.29, 1.82) is 0 Å². The Labute approximate surface area is 316 Å². The highest BCUT2D eigenvalue weighted by Gasteiger charge is 2.48. The van der Waals surface area contributed by atoms with Gasteiger partial charge in [-0.15, -0.1) is 0 Å². The molecule has 1 unspecified atom stereocenters. The van der Waals surface area contributed by atoms with E-state index in [4.69, 9.17) is 4.74 Å². The maximum Gasteiger partial charge on any atom is 0.127 e. The number of ether oxygens (including phenoxy) is 1. The lowest BCUT2D eigenvalue weighted by Crippen LogP contribution is -2.36. The maximum absolute atomic E-state index is 6.86. The highest BCUT2D eigenvalue weighted by atomic mass is 16.5. The van der Waals surface area contributed by atoms with E-state index in [2.05, 4.69) is 206 Å². The number of fused-ring (bicyclic) bond motifs is 8. The van der Waals surface area contributed by atoms with Gasteiger partial charge in [-0.05, 0) is 92.0 Å². The number of anilines is 3. The number of nitrogens with zero attached hydrogens (tertiary/aromatic N) is 1. The van der Waals surface area contributed by atoms with Crippen molar-refractivity contribution in [3.05, 3.63) is 235 Å². The standard InChI is InChI=1S/C52H37NO/c1-36-42-20-8-12-24-47(42)52(35-54-51-27-15-11-21-43(36)51)48-25-13-9-23-45(48)46-34-41(32-33-49(46)52)53(40-30-28-38(29-31-40)37-16-4-2-5-17-37)50-26-14-10-22-44(50)39-18-6-3-7-19-39/h2-34H,1,35H2. The van der Waals surface area contributed by atoms with Crippen LogP contribution in [-0.2, 0) is 5.41 Å². The molecule has 0 aromatic heterocycles. The molecule has 0 bridgehead atoms. The van der Waals surface area contributed by atoms with Crippen LogP contribution in [0.3, 0.4) is 0 Å². The molecule has 0 amide bonds. The van der Waals surface area contributed by atoms with Crippen molar-refractivity contribution in [3.8, 4) is 39.1 Å². The van der Waals surface area contributed by atoms with Gasteiger partial charge >= 0.3 is 0 Å². The highest BCUT2D eigenvalue weighted by molar-refractivity contribution is 5.94. The van der Waals surface area contributed by atoms with E-state index in [1.807, 2.05) is 6.07 Å². The zero-order valence-corrected chi connectivity index (χ0v) is 29.8. The van der Waals surface area contributed by atoms with E-state index < -0.39 is 5.41 Å². The largest absolute Gasteiger partial charge is 0.491 e. The van der Waals surface area contributed by atoms with E-state index in [1.54, 1.807) is 0 Å². The molecule has 2 nitrogen and oxygen atoms in total. The van der Waals surface area contributed by atoms with Gasteiger partial charge in [-0.1, -0.05) is 170 Å². The van der Waals surface area contributed by atoms with Gasteiger partial charge in [0, 0.05) is 22.5 Å². The Kier molecular flexibility index (Phi) is 7.63. The first kappa shape index (κ1) is 31.8. The molecule has 2 aliphatic rings. The number of benzene rings is 8. The minimum atomic E-state index is -0.540. The molecular weight excluding hydrogens is 655 g/mol. The van der Waals surface area contributed by atoms with E-state index >= 15 is 0 Å². The third-order valence-electron chi connectivity index (χ3n) is 11.2. The average Bonchev–Trinajstić information content (AvgIpc) is 3.53. The molecule has 0 fully saturated rings. The van der Waals surface area contributed by atoms with Gasteiger partial charge in [0.15, 0.2) is 0 Å². The lowest BCUT2D eigenvalue weighted by Gasteiger charge is -2.37. The van der Waals surface area contributed by atoms with Gasteiger partial charge in [-0.3, -0.25) is 0 Å². The lowest BCUT2D eigenvalue weighted by molar-refractivity contribution is 0.266. The second kappa shape index (κ2) is 12.9. The Bertz CT molecular complexity index is 2680. The summed E-state index contributed by atoms with van der Waals surface area (Å²) in [5.41, 5.74) is 16.8. The minimum absolute atomic E-state index is 0.471. The summed E-state index contributed by atoms with van der Waals surface area (Å²) < 4.78 is 6.86. The summed E-state index contributed by atoms with van der Waals surface area (Å²) in [5.74, 6) is 0.863. The summed E-state index contributed by atoms with van der Waals surface area (Å²) in [4.78, 5) is 2.41. The molecule has 1 aliphatic heterocycles. The summed E-state index contributed by atoms with van der Waals surface area (Å²) in [7, 11) is 0. The third-order valence-corrected chi connectivity index (χ3v) is 11.2. The van der Waals surface area contributed by atoms with Gasteiger partial charge < -0.3 is 9.64 Å². The Morgan fingerprint density at radius 3 is 1.67 bits per heavy atom. The number of rotatable bonds is 5. The topological polar surface area (TPSA) is 12.5 Å². The van der Waals surface area contributed by atoms with Gasteiger partial charge in [-0.25, -0.2) is 0 Å². The molecule has 8 aromatic rings. The van der Waals surface area contributed by atoms with Crippen molar-refractivity contribution >= 4 is 22.6 Å². The van der Waals surface area contributed by atoms with Crippen molar-refractivity contribution in [2.45, 2.75) is 5.41 Å². The van der Waals surface area contributed by atoms with Crippen LogP contribution in [0.4, 0.5) is 17.1 Å². The van der Waals surface area contributed by atoms with Crippen LogP contribution < -0.4 is 9.64 Å². The molecule has 8 aromatic carbocycles. The number of hydrogen-bond donors (Lipinski definition) is 0. The Balaban J connectivity index is 1.19. The Hall–Kier alpha value is -6.90. The van der Waals surface area contributed by atoms with Gasteiger partial charge in [0.25, 0.3) is 0 Å². The smallest absolute Gasteiger partial charge is 0.127 e. The quantitative estimate of drug-likeness (QED) is 0.178. The Morgan fingerprint density at radius 2 is 0.926 bits per heavy atom. The fourth-order valence-electron chi connectivity index (χ4n) is 8.71. The Morgan fingerprint density at radius 1 is 0.407 bits per heavy atom. The van der Waals surface area contributed by atoms with E-state index in [1.165, 1.54) is 50.1 Å². The van der Waals surface area contributed by atoms with E-state index in [-0.39, 0.29) is 0 Å². The molecular formula is C52H37NO. The van der Waals surface area contributed by atoms with Crippen LogP contribution in [0.2, 0.25) is 0 Å². The van der Waals surface area contributed by atoms with Gasteiger partial charge in [-0.2, -0.15) is 0 Å². The first-order chi connectivity index (χ1) is 26.7. The molecule has 1 spiro atoms. The minimum Gasteiger partial charge on any atom is -0.491 e. The van der Waals surface area contributed by atoms with Gasteiger partial charge in [0.1, 0.15) is 12.4 Å². The second-order valence-corrected chi connectivity index (χ2v) is 14.1. The molecule has 54 heavy (non-hydrogen) atoms. The van der Waals surface area contributed by atoms with Crippen molar-refractivity contribution in [2.24, 2.45) is 0 Å². The number of para-hydroxylation sites is 2. The van der Waals surface area contributed by atoms with Crippen molar-refractivity contribution < 1.29 is 4.74 Å². The molecule has 1 atom stereocenters. The molecule has 2 heteroatoms. The molecule has 256 valence electrons. The molecule has 0 N–H and O–H groups in total. The van der Waals surface area contributed by atoms with Crippen LogP contribution >= 0.6 is 0 Å². The molecule has 1 heterocycles. The fourth-order valence-corrected chi connectivity index (χ4v) is 8.71. The summed E-state index contributed by atoms with van der Waals surface area (Å²) in [6.07, 6.45) is 0. The van der Waals surface area contributed by atoms with Crippen LogP contribution in [0.1, 0.15) is 27.8 Å². The van der Waals surface area contributed by atoms with Crippen LogP contribution in [0, 0.1) is 0 Å². The monoisotopic (exact) mass is 691 g/mol. The van der Waals surface area contributed by atoms with Crippen molar-refractivity contribution in [2.75, 3.05) is 11.5 Å². The highest BCUT2D eigenvalue weighted by Crippen LogP contribution is 2.56. The van der Waals surface area contributed by atoms with Crippen LogP contribution in [0.5, 0.6) is 5.75 Å². The van der Waals surface area contributed by atoms with Gasteiger partial charge in [0.05, 0.1) is 11.1 Å². The van der Waals surface area contributed by atoms with Gasteiger partial charge in [0.2, 0.25) is 0 Å². The lowest BCUT2D eigenvalue weighted by atomic mass is 9.69. The third kappa shape index (κ3) is 5.03. The summed E-state index contributed by atoms with van der Waals surface area (Å²) in [5, 5.41) is 0. The van der Waals surface area contributed by atoms with E-state index in [9.17, 15) is 0 Å². The molecule has 0 saturated heterocycles. The van der Waals surface area contributed by atoms with E-state index in [0.29, 0.717) is 6.61 Å². The second-order valence-electron chi connectivity index (χ2n) is 14.1. The number of hydrogen-bond acceptors (Lipinski definition) is 2. The predicted molar refractivity (Wildman–Crippen MR) is 224 cm³/mol. The SMILES string of the molecule is C=C1c2ccccc2OCC2(c3ccccc31)c1ccccc1-c1cc(N(c3ccc(-c4ccccc4)cc3)c3ccccc3-c3ccccc3)ccc12. The van der Waals surface area contributed by atoms with E-state index in [0.717, 1.165) is 39.5 Å². The zero-order chi connectivity index (χ0) is 36.1. The normalized spacial score (nSPS) is 15.2. The maximum atomic E-state index is 6.86. The molecule has 0 radical (unpaired) electrons. The molecule has 1 aliphatic carbocycles. The first-order valence-electron chi connectivity index (χ1n) is 18.6. The predicted octanol–water partition coefficient (Wildman–Crippen LogP) is 13.3. The van der Waals surface area contributed by atoms with Crippen LogP contribution in [-0.4, -0.2) is 6.61 Å². The van der Waals surface area contributed by atoms with Crippen molar-refractivity contribution in [1.82, 2.24) is 0 Å². The summed E-state index contributed by atoms with van der Waals surface area (Å²) in [6.45, 7) is 5.11. The molecule has 10 rings (SSSR count). The van der Waals surface area contributed by atoms with Crippen molar-refractivity contribution in [3.63, 3.8) is 0 Å². The van der Waals surface area contributed by atoms with Crippen LogP contribution in [0.25, 0.3) is 39.0 Å². The summed E-state index contributed by atoms with van der Waals surface area (Å²) in [6, 6.07) is 71.9. The zero-order valence-electron chi connectivity index (χ0n) is 29.8. The summed E-state index contributed by atoms with van der Waals surface area (Å²) >= 11 is 0. The van der Waals surface area contributed by atoms with Crippen LogP contribution in [0.15, 0.2) is 207 Å². The fraction of sp³-hybridized carbons (Fsp3) is 0.0385. The molecule has 0 saturated carbocycles. The first-order valence-corrected chi connectivity index (χ1v) is 18.6. The average molecular weight is 692 g/mol.